The molecule has 0 saturated carbocycles. The smallest absolute Gasteiger partial charge is 0.222 e. The SMILES string of the molecule is CCCOCCC(=O)NCCCC(C)CO. The van der Waals surface area contributed by atoms with Gasteiger partial charge in [0.25, 0.3) is 0 Å². The van der Waals surface area contributed by atoms with Crippen molar-refractivity contribution in [1.29, 1.82) is 0 Å². The molecule has 0 fully saturated rings. The van der Waals surface area contributed by atoms with Crippen LogP contribution >= 0.6 is 0 Å². The van der Waals surface area contributed by atoms with Gasteiger partial charge in [0.1, 0.15) is 0 Å². The molecule has 1 unspecified atom stereocenters. The number of ether oxygens (including phenoxy) is 1. The van der Waals surface area contributed by atoms with Gasteiger partial charge in [-0.15, -0.1) is 0 Å². The Hall–Kier alpha value is -0.610. The summed E-state index contributed by atoms with van der Waals surface area (Å²) in [6, 6.07) is 0. The lowest BCUT2D eigenvalue weighted by Crippen LogP contribution is -2.25. The Kier molecular flexibility index (Phi) is 10.5. The summed E-state index contributed by atoms with van der Waals surface area (Å²) in [7, 11) is 0. The van der Waals surface area contributed by atoms with E-state index in [0.717, 1.165) is 25.9 Å². The van der Waals surface area contributed by atoms with Crippen LogP contribution in [0.5, 0.6) is 0 Å². The highest BCUT2D eigenvalue weighted by Crippen LogP contribution is 2.02. The van der Waals surface area contributed by atoms with Crippen molar-refractivity contribution >= 4 is 5.91 Å². The Labute approximate surface area is 98.4 Å². The highest BCUT2D eigenvalue weighted by atomic mass is 16.5. The van der Waals surface area contributed by atoms with Crippen molar-refractivity contribution < 1.29 is 14.6 Å². The summed E-state index contributed by atoms with van der Waals surface area (Å²) in [5, 5.41) is 11.6. The average Bonchev–Trinajstić information content (AvgIpc) is 2.30. The van der Waals surface area contributed by atoms with E-state index in [-0.39, 0.29) is 12.5 Å². The second-order valence-corrected chi connectivity index (χ2v) is 4.14. The van der Waals surface area contributed by atoms with E-state index in [9.17, 15) is 4.79 Å². The highest BCUT2D eigenvalue weighted by Gasteiger charge is 2.02. The molecule has 0 aromatic heterocycles. The normalized spacial score (nSPS) is 12.4. The number of rotatable bonds is 10. The Morgan fingerprint density at radius 2 is 2.19 bits per heavy atom. The van der Waals surface area contributed by atoms with Gasteiger partial charge >= 0.3 is 0 Å². The second kappa shape index (κ2) is 10.9. The zero-order valence-electron chi connectivity index (χ0n) is 10.5. The maximum Gasteiger partial charge on any atom is 0.222 e. The van der Waals surface area contributed by atoms with Crippen LogP contribution in [0, 0.1) is 5.92 Å². The van der Waals surface area contributed by atoms with Gasteiger partial charge in [0, 0.05) is 26.2 Å². The van der Waals surface area contributed by atoms with Crippen LogP contribution in [0.25, 0.3) is 0 Å². The fourth-order valence-corrected chi connectivity index (χ4v) is 1.27. The molecule has 0 bridgehead atoms. The predicted molar refractivity (Wildman–Crippen MR) is 64.2 cm³/mol. The molecule has 16 heavy (non-hydrogen) atoms. The summed E-state index contributed by atoms with van der Waals surface area (Å²) in [5.41, 5.74) is 0. The first-order valence-corrected chi connectivity index (χ1v) is 6.16. The molecule has 0 rings (SSSR count). The van der Waals surface area contributed by atoms with Crippen LogP contribution in [0.4, 0.5) is 0 Å². The van der Waals surface area contributed by atoms with E-state index in [0.29, 0.717) is 25.5 Å². The topological polar surface area (TPSA) is 58.6 Å². The Morgan fingerprint density at radius 3 is 2.81 bits per heavy atom. The fraction of sp³-hybridized carbons (Fsp3) is 0.917. The molecular weight excluding hydrogens is 206 g/mol. The standard InChI is InChI=1S/C12H25NO3/c1-3-8-16-9-6-12(15)13-7-4-5-11(2)10-14/h11,14H,3-10H2,1-2H3,(H,13,15). The molecule has 0 heterocycles. The predicted octanol–water partition coefficient (Wildman–Crippen LogP) is 1.33. The molecule has 4 heteroatoms. The number of carbonyl (C=O) groups excluding carboxylic acids is 1. The molecule has 2 N–H and O–H groups in total. The number of hydrogen-bond acceptors (Lipinski definition) is 3. The molecule has 96 valence electrons. The van der Waals surface area contributed by atoms with E-state index in [4.69, 9.17) is 9.84 Å². The quantitative estimate of drug-likeness (QED) is 0.558. The van der Waals surface area contributed by atoms with Crippen LogP contribution in [0.2, 0.25) is 0 Å². The third-order valence-corrected chi connectivity index (χ3v) is 2.33. The zero-order chi connectivity index (χ0) is 12.2. The largest absolute Gasteiger partial charge is 0.396 e. The Morgan fingerprint density at radius 1 is 1.44 bits per heavy atom. The van der Waals surface area contributed by atoms with Gasteiger partial charge in [0.15, 0.2) is 0 Å². The summed E-state index contributed by atoms with van der Waals surface area (Å²) >= 11 is 0. The molecular formula is C12H25NO3. The average molecular weight is 231 g/mol. The maximum absolute atomic E-state index is 11.3. The third kappa shape index (κ3) is 9.93. The Bertz CT molecular complexity index is 174. The van der Waals surface area contributed by atoms with Crippen molar-refractivity contribution in [2.45, 2.75) is 39.5 Å². The number of amides is 1. The van der Waals surface area contributed by atoms with Gasteiger partial charge in [-0.2, -0.15) is 0 Å². The number of aliphatic hydroxyl groups is 1. The van der Waals surface area contributed by atoms with Gasteiger partial charge in [-0.05, 0) is 25.2 Å². The first-order valence-electron chi connectivity index (χ1n) is 6.16. The molecule has 1 atom stereocenters. The molecule has 0 aliphatic heterocycles. The monoisotopic (exact) mass is 231 g/mol. The minimum atomic E-state index is 0.0488. The third-order valence-electron chi connectivity index (χ3n) is 2.33. The number of aliphatic hydroxyl groups excluding tert-OH is 1. The van der Waals surface area contributed by atoms with Crippen LogP contribution in [-0.2, 0) is 9.53 Å². The molecule has 0 saturated heterocycles. The molecule has 4 nitrogen and oxygen atoms in total. The molecule has 0 aliphatic rings. The zero-order valence-corrected chi connectivity index (χ0v) is 10.5. The number of nitrogens with one attached hydrogen (secondary N) is 1. The van der Waals surface area contributed by atoms with Crippen molar-refractivity contribution in [2.24, 2.45) is 5.92 Å². The van der Waals surface area contributed by atoms with E-state index in [2.05, 4.69) is 5.32 Å². The maximum atomic E-state index is 11.3. The summed E-state index contributed by atoms with van der Waals surface area (Å²) < 4.78 is 5.22. The summed E-state index contributed by atoms with van der Waals surface area (Å²) in [5.74, 6) is 0.373. The Balaban J connectivity index is 3.24. The van der Waals surface area contributed by atoms with Crippen molar-refractivity contribution in [1.82, 2.24) is 5.32 Å². The lowest BCUT2D eigenvalue weighted by molar-refractivity contribution is -0.122. The van der Waals surface area contributed by atoms with E-state index in [1.165, 1.54) is 0 Å². The highest BCUT2D eigenvalue weighted by molar-refractivity contribution is 5.75. The fourth-order valence-electron chi connectivity index (χ4n) is 1.27. The van der Waals surface area contributed by atoms with Crippen LogP contribution in [0.3, 0.4) is 0 Å². The van der Waals surface area contributed by atoms with Gasteiger partial charge < -0.3 is 15.2 Å². The molecule has 0 radical (unpaired) electrons. The molecule has 1 amide bonds. The van der Waals surface area contributed by atoms with Crippen molar-refractivity contribution in [3.8, 4) is 0 Å². The summed E-state index contributed by atoms with van der Waals surface area (Å²) in [6.07, 6.45) is 3.29. The van der Waals surface area contributed by atoms with E-state index < -0.39 is 0 Å². The van der Waals surface area contributed by atoms with Crippen LogP contribution in [0.15, 0.2) is 0 Å². The van der Waals surface area contributed by atoms with E-state index in [1.807, 2.05) is 13.8 Å². The summed E-state index contributed by atoms with van der Waals surface area (Å²) in [6.45, 7) is 6.19. The van der Waals surface area contributed by atoms with Gasteiger partial charge in [-0.3, -0.25) is 4.79 Å². The lowest BCUT2D eigenvalue weighted by Gasteiger charge is -2.08. The van der Waals surface area contributed by atoms with Crippen molar-refractivity contribution in [2.75, 3.05) is 26.4 Å². The van der Waals surface area contributed by atoms with Gasteiger partial charge in [-0.25, -0.2) is 0 Å². The number of hydrogen-bond donors (Lipinski definition) is 2. The first-order chi connectivity index (χ1) is 7.70. The van der Waals surface area contributed by atoms with Crippen LogP contribution in [0.1, 0.15) is 39.5 Å². The van der Waals surface area contributed by atoms with Gasteiger partial charge in [0.05, 0.1) is 6.61 Å². The van der Waals surface area contributed by atoms with Crippen molar-refractivity contribution in [3.05, 3.63) is 0 Å². The second-order valence-electron chi connectivity index (χ2n) is 4.14. The molecule has 0 spiro atoms. The molecule has 0 aliphatic carbocycles. The van der Waals surface area contributed by atoms with E-state index >= 15 is 0 Å². The number of carbonyl (C=O) groups is 1. The summed E-state index contributed by atoms with van der Waals surface area (Å²) in [4.78, 5) is 11.3. The molecule has 0 aromatic rings. The van der Waals surface area contributed by atoms with Crippen LogP contribution in [-0.4, -0.2) is 37.4 Å². The van der Waals surface area contributed by atoms with Crippen LogP contribution < -0.4 is 5.32 Å². The molecule has 0 aromatic carbocycles. The lowest BCUT2D eigenvalue weighted by atomic mass is 10.1. The van der Waals surface area contributed by atoms with Gasteiger partial charge in [-0.1, -0.05) is 13.8 Å². The van der Waals surface area contributed by atoms with Crippen molar-refractivity contribution in [3.63, 3.8) is 0 Å². The first kappa shape index (κ1) is 15.4. The minimum absolute atomic E-state index is 0.0488. The van der Waals surface area contributed by atoms with E-state index in [1.54, 1.807) is 0 Å². The minimum Gasteiger partial charge on any atom is -0.396 e. The van der Waals surface area contributed by atoms with Gasteiger partial charge in [0.2, 0.25) is 5.91 Å².